The fourth-order valence-electron chi connectivity index (χ4n) is 0.940. The molecule has 3 unspecified atom stereocenters. The van der Waals surface area contributed by atoms with Crippen molar-refractivity contribution < 1.29 is 60.1 Å². The molecule has 0 aromatic rings. The van der Waals surface area contributed by atoms with Crippen molar-refractivity contribution in [3.05, 3.63) is 0 Å². The fraction of sp³-hybridized carbons (Fsp3) is 1.00. The largest absolute Gasteiger partial charge is 0.769 e. The second-order valence-corrected chi connectivity index (χ2v) is 15.0. The molecule has 3 atom stereocenters. The van der Waals surface area contributed by atoms with Gasteiger partial charge < -0.3 is 13.7 Å². The molecule has 1 fully saturated rings. The smallest absolute Gasteiger partial charge is 0.377 e. The number of rotatable bonds is 6. The van der Waals surface area contributed by atoms with Gasteiger partial charge in [-0.05, 0) is 0 Å². The molecule has 132 valence electrons. The molecule has 0 spiro atoms. The van der Waals surface area contributed by atoms with Crippen LogP contribution in [0.1, 0.15) is 0 Å². The Kier molecular flexibility index (Phi) is 4.83. The molecular weight excluding hydrogens is 443 g/mol. The summed E-state index contributed by atoms with van der Waals surface area (Å²) in [7, 11) is -18.4. The highest BCUT2D eigenvalue weighted by atomic mass is 33.2. The lowest BCUT2D eigenvalue weighted by atomic mass is 11.6. The maximum Gasteiger partial charge on any atom is 0.377 e. The van der Waals surface area contributed by atoms with Gasteiger partial charge >= 0.3 is 35.1 Å². The van der Waals surface area contributed by atoms with Gasteiger partial charge in [-0.15, -0.1) is 0 Å². The lowest BCUT2D eigenvalue weighted by Crippen LogP contribution is -2.46. The first-order chi connectivity index (χ1) is 9.54. The zero-order valence-electron chi connectivity index (χ0n) is 9.13. The van der Waals surface area contributed by atoms with Crippen LogP contribution in [0.3, 0.4) is 0 Å². The van der Waals surface area contributed by atoms with Crippen LogP contribution in [0.15, 0.2) is 0 Å². The maximum absolute atomic E-state index is 13.6. The van der Waals surface area contributed by atoms with E-state index in [0.29, 0.717) is 0 Å². The zero-order chi connectivity index (χ0) is 17.9. The predicted molar refractivity (Wildman–Crippen MR) is 61.2 cm³/mol. The minimum absolute atomic E-state index is 3.14. The summed E-state index contributed by atoms with van der Waals surface area (Å²) in [4.78, 5) is 0. The van der Waals surface area contributed by atoms with Crippen LogP contribution >= 0.6 is 0 Å². The first kappa shape index (κ1) is 20.1. The normalized spacial score (nSPS) is 28.9. The van der Waals surface area contributed by atoms with Gasteiger partial charge in [-0.2, -0.15) is 12.8 Å². The van der Waals surface area contributed by atoms with Gasteiger partial charge in [-0.1, -0.05) is 0 Å². The van der Waals surface area contributed by atoms with Crippen LogP contribution in [0.2, 0.25) is 0 Å². The highest BCUT2D eigenvalue weighted by Gasteiger charge is 2.86. The first-order valence-electron chi connectivity index (χ1n) is 3.95. The summed E-state index contributed by atoms with van der Waals surface area (Å²) in [6.45, 7) is 0. The van der Waals surface area contributed by atoms with E-state index >= 15 is 0 Å². The standard InChI is InChI=1S/C2H3FO13S6/c3-1(17(4)5,18(6)7)20(10,11)16-2(19(8)9)21(12,13)22(2,14)15/h(H,4,5)(H,6,7)(H,8,9)/p-3. The molecule has 1 aliphatic rings. The van der Waals surface area contributed by atoms with Crippen molar-refractivity contribution in [3.8, 4) is 0 Å². The Bertz CT molecular complexity index is 842. The second kappa shape index (κ2) is 5.29. The molecule has 0 aromatic carbocycles. The third kappa shape index (κ3) is 2.16. The van der Waals surface area contributed by atoms with E-state index in [1.807, 2.05) is 0 Å². The molecule has 1 heterocycles. The molecule has 0 bridgehead atoms. The van der Waals surface area contributed by atoms with Crippen molar-refractivity contribution in [3.63, 3.8) is 0 Å². The fourth-order valence-corrected chi connectivity index (χ4v) is 12.2. The predicted octanol–water partition coefficient (Wildman–Crippen LogP) is -4.08. The van der Waals surface area contributed by atoms with Gasteiger partial charge in [0.05, 0.1) is 0 Å². The van der Waals surface area contributed by atoms with E-state index in [9.17, 15) is 55.9 Å². The minimum Gasteiger partial charge on any atom is -0.769 e. The third-order valence-corrected chi connectivity index (χ3v) is 15.9. The van der Waals surface area contributed by atoms with Crippen LogP contribution < -0.4 is 0 Å². The van der Waals surface area contributed by atoms with Crippen molar-refractivity contribution in [2.75, 3.05) is 0 Å². The van der Waals surface area contributed by atoms with Crippen LogP contribution in [0.4, 0.5) is 4.39 Å². The molecule has 0 saturated carbocycles. The Labute approximate surface area is 128 Å². The molecule has 1 saturated heterocycles. The first-order valence-corrected chi connectivity index (χ1v) is 12.1. The highest BCUT2D eigenvalue weighted by molar-refractivity contribution is 8.87. The van der Waals surface area contributed by atoms with Crippen molar-refractivity contribution in [2.24, 2.45) is 0 Å². The van der Waals surface area contributed by atoms with E-state index < -0.39 is 68.4 Å². The van der Waals surface area contributed by atoms with Gasteiger partial charge in [0.15, 0.2) is 0 Å². The van der Waals surface area contributed by atoms with Gasteiger partial charge in [0.1, 0.15) is 0 Å². The number of alkyl halides is 1. The van der Waals surface area contributed by atoms with Gasteiger partial charge in [0, 0.05) is 33.2 Å². The Hall–Kier alpha value is 0.0700. The van der Waals surface area contributed by atoms with Gasteiger partial charge in [0.2, 0.25) is 0 Å². The number of hydrogen-bond acceptors (Lipinski definition) is 13. The molecule has 1 rings (SSSR count). The minimum atomic E-state index is -6.75. The number of hydrogen-bond donors (Lipinski definition) is 0. The monoisotopic (exact) mass is 443 g/mol. The summed E-state index contributed by atoms with van der Waals surface area (Å²) in [6.07, 6.45) is 0. The molecule has 20 heteroatoms. The van der Waals surface area contributed by atoms with Crippen molar-refractivity contribution in [1.29, 1.82) is 0 Å². The van der Waals surface area contributed by atoms with E-state index in [4.69, 9.17) is 0 Å². The van der Waals surface area contributed by atoms with Gasteiger partial charge in [-0.25, -0.2) is 21.0 Å². The highest BCUT2D eigenvalue weighted by Crippen LogP contribution is 2.53. The quantitative estimate of drug-likeness (QED) is 0.164. The average molecular weight is 443 g/mol. The molecular formula is C2FO13S6-3. The molecule has 0 aromatic heterocycles. The van der Waals surface area contributed by atoms with E-state index in [1.165, 1.54) is 0 Å². The van der Waals surface area contributed by atoms with Crippen molar-refractivity contribution >= 4 is 61.1 Å². The Morgan fingerprint density at radius 1 is 0.955 bits per heavy atom. The van der Waals surface area contributed by atoms with E-state index in [0.717, 1.165) is 0 Å². The SMILES string of the molecule is O=S([O-])C(F)(S(=O)[O-])S(=O)(=O)OC1(S(=O)[O-])S(=O)(=O)S1(=O)=O. The Morgan fingerprint density at radius 2 is 1.27 bits per heavy atom. The molecule has 0 aliphatic carbocycles. The van der Waals surface area contributed by atoms with Crippen molar-refractivity contribution in [2.45, 2.75) is 7.26 Å². The Morgan fingerprint density at radius 3 is 1.45 bits per heavy atom. The lowest BCUT2D eigenvalue weighted by molar-refractivity contribution is 0.283. The summed E-state index contributed by atoms with van der Waals surface area (Å²) in [5.41, 5.74) is 0. The molecule has 1 aliphatic heterocycles. The molecule has 22 heavy (non-hydrogen) atoms. The maximum atomic E-state index is 13.6. The van der Waals surface area contributed by atoms with Crippen LogP contribution in [0.5, 0.6) is 0 Å². The zero-order valence-corrected chi connectivity index (χ0v) is 14.0. The molecule has 13 nitrogen and oxygen atoms in total. The summed E-state index contributed by atoms with van der Waals surface area (Å²) < 4.78 is 137. The van der Waals surface area contributed by atoms with Gasteiger partial charge in [0.25, 0.3) is 0 Å². The Balaban J connectivity index is 3.63. The molecule has 0 radical (unpaired) electrons. The lowest BCUT2D eigenvalue weighted by Gasteiger charge is -2.28. The van der Waals surface area contributed by atoms with Crippen LogP contribution in [-0.2, 0) is 65.3 Å². The van der Waals surface area contributed by atoms with E-state index in [-0.39, 0.29) is 0 Å². The van der Waals surface area contributed by atoms with E-state index in [1.54, 1.807) is 0 Å². The summed E-state index contributed by atoms with van der Waals surface area (Å²) in [5.74, 6) is 0. The molecule has 0 N–H and O–H groups in total. The molecule has 0 amide bonds. The van der Waals surface area contributed by atoms with Gasteiger partial charge in [-0.3, -0.25) is 12.6 Å². The third-order valence-electron chi connectivity index (χ3n) is 1.99. The summed E-state index contributed by atoms with van der Waals surface area (Å²) >= 11 is -13.7. The van der Waals surface area contributed by atoms with E-state index in [2.05, 4.69) is 4.18 Å². The summed E-state index contributed by atoms with van der Waals surface area (Å²) in [5, 5.41) is 0. The van der Waals surface area contributed by atoms with Crippen LogP contribution in [-0.4, -0.2) is 58.8 Å². The number of halogens is 1. The van der Waals surface area contributed by atoms with Crippen LogP contribution in [0.25, 0.3) is 0 Å². The van der Waals surface area contributed by atoms with Crippen LogP contribution in [0, 0.1) is 0 Å². The topological polar surface area (TPSA) is 232 Å². The average Bonchev–Trinajstić information content (AvgIpc) is 2.65. The second-order valence-electron chi connectivity index (χ2n) is 3.13. The van der Waals surface area contributed by atoms with Crippen molar-refractivity contribution in [1.82, 2.24) is 0 Å². The summed E-state index contributed by atoms with van der Waals surface area (Å²) in [6, 6.07) is 0.